The van der Waals surface area contributed by atoms with Crippen LogP contribution in [-0.4, -0.2) is 23.0 Å². The van der Waals surface area contributed by atoms with Crippen LogP contribution >= 0.6 is 15.9 Å². The molecule has 5 nitrogen and oxygen atoms in total. The number of ether oxygens (including phenoxy) is 1. The summed E-state index contributed by atoms with van der Waals surface area (Å²) in [7, 11) is 1.52. The average molecular weight is 336 g/mol. The van der Waals surface area contributed by atoms with E-state index in [9.17, 15) is 4.79 Å². The lowest BCUT2D eigenvalue weighted by Crippen LogP contribution is -2.16. The Kier molecular flexibility index (Phi) is 4.34. The van der Waals surface area contributed by atoms with Crippen LogP contribution in [0.25, 0.3) is 0 Å². The summed E-state index contributed by atoms with van der Waals surface area (Å²) in [4.78, 5) is 20.5. The lowest BCUT2D eigenvalue weighted by molar-refractivity contribution is 0.102. The number of methoxy groups -OCH3 is 1. The summed E-state index contributed by atoms with van der Waals surface area (Å²) in [5.74, 6) is 0.390. The second-order valence-corrected chi connectivity index (χ2v) is 5.10. The zero-order chi connectivity index (χ0) is 14.7. The monoisotopic (exact) mass is 335 g/mol. The van der Waals surface area contributed by atoms with Crippen molar-refractivity contribution < 1.29 is 9.53 Å². The van der Waals surface area contributed by atoms with Gasteiger partial charge in [0.05, 0.1) is 7.11 Å². The van der Waals surface area contributed by atoms with Gasteiger partial charge in [-0.05, 0) is 31.5 Å². The molecule has 0 fully saturated rings. The maximum absolute atomic E-state index is 12.2. The molecule has 0 aliphatic heterocycles. The molecule has 6 heteroatoms. The van der Waals surface area contributed by atoms with Crippen molar-refractivity contribution in [2.45, 2.75) is 13.8 Å². The number of aromatic nitrogens is 2. The van der Waals surface area contributed by atoms with Crippen molar-refractivity contribution in [1.82, 2.24) is 9.97 Å². The standard InChI is InChI=1S/C14H14BrN3O2/c1-8-7-12(20-3)17-14(16-8)18-13(19)10-5-4-6-11(15)9(10)2/h4-7H,1-3H3,(H,16,17,18,19). The van der Waals surface area contributed by atoms with Crippen LogP contribution in [0.3, 0.4) is 0 Å². The van der Waals surface area contributed by atoms with Gasteiger partial charge in [-0.2, -0.15) is 4.98 Å². The molecule has 2 aromatic rings. The van der Waals surface area contributed by atoms with Gasteiger partial charge >= 0.3 is 0 Å². The smallest absolute Gasteiger partial charge is 0.258 e. The normalized spacial score (nSPS) is 10.2. The van der Waals surface area contributed by atoms with E-state index in [2.05, 4.69) is 31.2 Å². The molecular weight excluding hydrogens is 322 g/mol. The first-order chi connectivity index (χ1) is 9.51. The van der Waals surface area contributed by atoms with Crippen LogP contribution in [0, 0.1) is 13.8 Å². The first kappa shape index (κ1) is 14.5. The fourth-order valence-electron chi connectivity index (χ4n) is 1.72. The maximum Gasteiger partial charge on any atom is 0.258 e. The van der Waals surface area contributed by atoms with Crippen LogP contribution in [-0.2, 0) is 0 Å². The predicted octanol–water partition coefficient (Wildman–Crippen LogP) is 3.12. The summed E-state index contributed by atoms with van der Waals surface area (Å²) in [6.45, 7) is 3.68. The Hall–Kier alpha value is -1.95. The fourth-order valence-corrected chi connectivity index (χ4v) is 2.09. The van der Waals surface area contributed by atoms with Gasteiger partial charge in [0.1, 0.15) is 0 Å². The molecule has 0 radical (unpaired) electrons. The van der Waals surface area contributed by atoms with Crippen LogP contribution < -0.4 is 10.1 Å². The van der Waals surface area contributed by atoms with Crippen molar-refractivity contribution in [3.8, 4) is 5.88 Å². The van der Waals surface area contributed by atoms with Gasteiger partial charge in [0, 0.05) is 21.8 Å². The van der Waals surface area contributed by atoms with Gasteiger partial charge in [0.25, 0.3) is 5.91 Å². The highest BCUT2D eigenvalue weighted by molar-refractivity contribution is 9.10. The molecule has 0 aliphatic carbocycles. The molecule has 0 spiro atoms. The highest BCUT2D eigenvalue weighted by Gasteiger charge is 2.13. The molecule has 0 aliphatic rings. The van der Waals surface area contributed by atoms with E-state index in [1.54, 1.807) is 12.1 Å². The molecule has 1 aromatic carbocycles. The molecule has 0 atom stereocenters. The Morgan fingerprint density at radius 2 is 2.05 bits per heavy atom. The molecule has 0 saturated heterocycles. The minimum absolute atomic E-state index is 0.228. The molecule has 1 amide bonds. The molecule has 1 aromatic heterocycles. The molecular formula is C14H14BrN3O2. The Balaban J connectivity index is 2.28. The van der Waals surface area contributed by atoms with Crippen molar-refractivity contribution in [3.05, 3.63) is 45.6 Å². The predicted molar refractivity (Wildman–Crippen MR) is 80.2 cm³/mol. The first-order valence-electron chi connectivity index (χ1n) is 5.97. The van der Waals surface area contributed by atoms with Gasteiger partial charge in [-0.15, -0.1) is 0 Å². The van der Waals surface area contributed by atoms with Gasteiger partial charge < -0.3 is 4.74 Å². The molecule has 0 saturated carbocycles. The third-order valence-electron chi connectivity index (χ3n) is 2.78. The quantitative estimate of drug-likeness (QED) is 0.935. The zero-order valence-corrected chi connectivity index (χ0v) is 13.0. The van der Waals surface area contributed by atoms with Crippen LogP contribution in [0.1, 0.15) is 21.6 Å². The molecule has 1 heterocycles. The van der Waals surface area contributed by atoms with Crippen LogP contribution in [0.15, 0.2) is 28.7 Å². The average Bonchev–Trinajstić information content (AvgIpc) is 2.41. The number of nitrogens with zero attached hydrogens (tertiary/aromatic N) is 2. The number of halogens is 1. The van der Waals surface area contributed by atoms with Crippen LogP contribution in [0.5, 0.6) is 5.88 Å². The number of carbonyl (C=O) groups excluding carboxylic acids is 1. The van der Waals surface area contributed by atoms with E-state index in [0.717, 1.165) is 15.7 Å². The Morgan fingerprint density at radius 1 is 1.30 bits per heavy atom. The van der Waals surface area contributed by atoms with E-state index in [-0.39, 0.29) is 11.9 Å². The zero-order valence-electron chi connectivity index (χ0n) is 11.4. The summed E-state index contributed by atoms with van der Waals surface area (Å²) in [5, 5.41) is 2.68. The van der Waals surface area contributed by atoms with E-state index >= 15 is 0 Å². The molecule has 0 unspecified atom stereocenters. The number of anilines is 1. The van der Waals surface area contributed by atoms with Crippen molar-refractivity contribution in [3.63, 3.8) is 0 Å². The summed E-state index contributed by atoms with van der Waals surface area (Å²) < 4.78 is 5.94. The molecule has 20 heavy (non-hydrogen) atoms. The number of carbonyl (C=O) groups is 1. The number of nitrogens with one attached hydrogen (secondary N) is 1. The first-order valence-corrected chi connectivity index (χ1v) is 6.76. The number of rotatable bonds is 3. The Bertz CT molecular complexity index is 659. The van der Waals surface area contributed by atoms with E-state index < -0.39 is 0 Å². The molecule has 0 bridgehead atoms. The Labute approximate surface area is 125 Å². The minimum Gasteiger partial charge on any atom is -0.481 e. The third-order valence-corrected chi connectivity index (χ3v) is 3.64. The van der Waals surface area contributed by atoms with Gasteiger partial charge in [0.2, 0.25) is 11.8 Å². The van der Waals surface area contributed by atoms with Crippen molar-refractivity contribution >= 4 is 27.8 Å². The summed E-state index contributed by atoms with van der Waals surface area (Å²) >= 11 is 3.40. The highest BCUT2D eigenvalue weighted by atomic mass is 79.9. The second kappa shape index (κ2) is 6.00. The number of amides is 1. The maximum atomic E-state index is 12.2. The van der Waals surface area contributed by atoms with E-state index in [1.807, 2.05) is 26.0 Å². The molecule has 1 N–H and O–H groups in total. The second-order valence-electron chi connectivity index (χ2n) is 4.24. The van der Waals surface area contributed by atoms with Gasteiger partial charge in [-0.1, -0.05) is 22.0 Å². The largest absolute Gasteiger partial charge is 0.481 e. The summed E-state index contributed by atoms with van der Waals surface area (Å²) in [6.07, 6.45) is 0. The number of hydrogen-bond donors (Lipinski definition) is 1. The van der Waals surface area contributed by atoms with Crippen molar-refractivity contribution in [2.75, 3.05) is 12.4 Å². The number of hydrogen-bond acceptors (Lipinski definition) is 4. The Morgan fingerprint density at radius 3 is 2.75 bits per heavy atom. The van der Waals surface area contributed by atoms with E-state index in [0.29, 0.717) is 11.4 Å². The van der Waals surface area contributed by atoms with Crippen LogP contribution in [0.4, 0.5) is 5.95 Å². The SMILES string of the molecule is COc1cc(C)nc(NC(=O)c2cccc(Br)c2C)n1. The third kappa shape index (κ3) is 3.14. The highest BCUT2D eigenvalue weighted by Crippen LogP contribution is 2.20. The summed E-state index contributed by atoms with van der Waals surface area (Å²) in [5.41, 5.74) is 2.16. The van der Waals surface area contributed by atoms with Gasteiger partial charge in [-0.25, -0.2) is 4.98 Å². The topological polar surface area (TPSA) is 64.1 Å². The lowest BCUT2D eigenvalue weighted by atomic mass is 10.1. The summed E-state index contributed by atoms with van der Waals surface area (Å²) in [6, 6.07) is 7.14. The van der Waals surface area contributed by atoms with Gasteiger partial charge in [0.15, 0.2) is 0 Å². The lowest BCUT2D eigenvalue weighted by Gasteiger charge is -2.09. The fraction of sp³-hybridized carbons (Fsp3) is 0.214. The molecule has 2 rings (SSSR count). The van der Waals surface area contributed by atoms with Crippen LogP contribution in [0.2, 0.25) is 0 Å². The van der Waals surface area contributed by atoms with Crippen molar-refractivity contribution in [1.29, 1.82) is 0 Å². The number of benzene rings is 1. The number of aryl methyl sites for hydroxylation is 1. The molecule has 104 valence electrons. The van der Waals surface area contributed by atoms with Gasteiger partial charge in [-0.3, -0.25) is 10.1 Å². The minimum atomic E-state index is -0.253. The van der Waals surface area contributed by atoms with Crippen molar-refractivity contribution in [2.24, 2.45) is 0 Å². The van der Waals surface area contributed by atoms with E-state index in [1.165, 1.54) is 7.11 Å². The van der Waals surface area contributed by atoms with E-state index in [4.69, 9.17) is 4.74 Å².